The molecule has 2 aromatic rings. The van der Waals surface area contributed by atoms with E-state index in [9.17, 15) is 8.78 Å². The van der Waals surface area contributed by atoms with E-state index in [1.54, 1.807) is 12.1 Å². The van der Waals surface area contributed by atoms with Gasteiger partial charge in [0.2, 0.25) is 0 Å². The monoisotopic (exact) mass is 340 g/mol. The van der Waals surface area contributed by atoms with Gasteiger partial charge >= 0.3 is 6.61 Å². The van der Waals surface area contributed by atoms with Gasteiger partial charge in [0, 0.05) is 0 Å². The van der Waals surface area contributed by atoms with Gasteiger partial charge in [-0.15, -0.1) is 0 Å². The molecule has 0 aliphatic rings. The first kappa shape index (κ1) is 15.0. The van der Waals surface area contributed by atoms with Gasteiger partial charge in [-0.2, -0.15) is 8.78 Å². The van der Waals surface area contributed by atoms with Crippen molar-refractivity contribution in [2.24, 2.45) is 0 Å². The van der Waals surface area contributed by atoms with E-state index in [0.29, 0.717) is 0 Å². The Bertz CT molecular complexity index is 599. The second kappa shape index (κ2) is 6.35. The zero-order chi connectivity index (χ0) is 14.7. The van der Waals surface area contributed by atoms with Gasteiger partial charge in [-0.3, -0.25) is 0 Å². The van der Waals surface area contributed by atoms with Crippen LogP contribution < -0.4 is 4.74 Å². The third-order valence-corrected chi connectivity index (χ3v) is 4.26. The summed E-state index contributed by atoms with van der Waals surface area (Å²) in [4.78, 5) is -0.0528. The summed E-state index contributed by atoms with van der Waals surface area (Å²) >= 11 is 3.61. The zero-order valence-corrected chi connectivity index (χ0v) is 12.8. The van der Waals surface area contributed by atoms with Crippen molar-refractivity contribution in [2.45, 2.75) is 25.3 Å². The Morgan fingerprint density at radius 1 is 0.950 bits per heavy atom. The van der Waals surface area contributed by atoms with Gasteiger partial charge in [0.05, 0.1) is 4.83 Å². The minimum atomic E-state index is -2.80. The molecule has 0 radical (unpaired) electrons. The number of benzene rings is 2. The summed E-state index contributed by atoms with van der Waals surface area (Å²) in [5, 5.41) is 0. The summed E-state index contributed by atoms with van der Waals surface area (Å²) < 4.78 is 28.9. The molecule has 0 bridgehead atoms. The fourth-order valence-electron chi connectivity index (χ4n) is 1.96. The largest absolute Gasteiger partial charge is 0.435 e. The Hall–Kier alpha value is -1.42. The van der Waals surface area contributed by atoms with Crippen LogP contribution in [0.3, 0.4) is 0 Å². The van der Waals surface area contributed by atoms with Crippen LogP contribution in [0, 0.1) is 13.8 Å². The number of aryl methyl sites for hydroxylation is 2. The predicted octanol–water partition coefficient (Wildman–Crippen LogP) is 5.39. The first-order valence-electron chi connectivity index (χ1n) is 6.23. The van der Waals surface area contributed by atoms with Crippen LogP contribution in [-0.4, -0.2) is 6.61 Å². The highest BCUT2D eigenvalue weighted by molar-refractivity contribution is 9.09. The lowest BCUT2D eigenvalue weighted by Crippen LogP contribution is -2.02. The molecule has 0 spiro atoms. The second-order valence-electron chi connectivity index (χ2n) is 4.66. The van der Waals surface area contributed by atoms with Crippen molar-refractivity contribution in [1.82, 2.24) is 0 Å². The Morgan fingerprint density at radius 3 is 2.30 bits per heavy atom. The zero-order valence-electron chi connectivity index (χ0n) is 11.2. The molecular weight excluding hydrogens is 326 g/mol. The quantitative estimate of drug-likeness (QED) is 0.678. The van der Waals surface area contributed by atoms with E-state index in [2.05, 4.69) is 46.6 Å². The van der Waals surface area contributed by atoms with Gasteiger partial charge in [-0.25, -0.2) is 0 Å². The number of hydrogen-bond acceptors (Lipinski definition) is 1. The van der Waals surface area contributed by atoms with Crippen molar-refractivity contribution in [2.75, 3.05) is 0 Å². The van der Waals surface area contributed by atoms with Gasteiger partial charge in [-0.05, 0) is 48.2 Å². The number of rotatable bonds is 4. The Labute approximate surface area is 125 Å². The summed E-state index contributed by atoms with van der Waals surface area (Å²) in [7, 11) is 0. The van der Waals surface area contributed by atoms with E-state index in [0.717, 1.165) is 11.1 Å². The van der Waals surface area contributed by atoms with Gasteiger partial charge < -0.3 is 4.74 Å². The summed E-state index contributed by atoms with van der Waals surface area (Å²) in [6.45, 7) is 1.30. The number of alkyl halides is 3. The van der Waals surface area contributed by atoms with E-state index in [1.165, 1.54) is 17.2 Å². The molecule has 0 saturated carbocycles. The number of halogens is 3. The summed E-state index contributed by atoms with van der Waals surface area (Å²) in [6.07, 6.45) is 0. The highest BCUT2D eigenvalue weighted by Crippen LogP contribution is 2.33. The average molecular weight is 341 g/mol. The van der Waals surface area contributed by atoms with Crippen molar-refractivity contribution in [3.63, 3.8) is 0 Å². The van der Waals surface area contributed by atoms with E-state index >= 15 is 0 Å². The smallest absolute Gasteiger partial charge is 0.387 e. The maximum Gasteiger partial charge on any atom is 0.387 e. The molecule has 0 fully saturated rings. The van der Waals surface area contributed by atoms with Crippen molar-refractivity contribution in [3.05, 3.63) is 64.7 Å². The van der Waals surface area contributed by atoms with Gasteiger partial charge in [-0.1, -0.05) is 46.3 Å². The van der Waals surface area contributed by atoms with Crippen molar-refractivity contribution in [3.8, 4) is 5.75 Å². The van der Waals surface area contributed by atoms with E-state index < -0.39 is 6.61 Å². The van der Waals surface area contributed by atoms with Crippen LogP contribution in [0.4, 0.5) is 8.78 Å². The maximum absolute atomic E-state index is 12.2. The average Bonchev–Trinajstić information content (AvgIpc) is 2.40. The molecule has 0 heterocycles. The normalized spacial score (nSPS) is 12.5. The van der Waals surface area contributed by atoms with E-state index in [4.69, 9.17) is 0 Å². The second-order valence-corrected chi connectivity index (χ2v) is 5.57. The molecule has 2 aromatic carbocycles. The molecule has 0 aliphatic carbocycles. The van der Waals surface area contributed by atoms with E-state index in [1.807, 2.05) is 12.1 Å². The Morgan fingerprint density at radius 2 is 1.65 bits per heavy atom. The summed E-state index contributed by atoms with van der Waals surface area (Å²) in [5.74, 6) is 0.172. The molecule has 1 nitrogen and oxygen atoms in total. The molecule has 2 rings (SSSR count). The lowest BCUT2D eigenvalue weighted by Gasteiger charge is -2.14. The SMILES string of the molecule is Cc1ccc(C(Br)c2cccc(OC(F)F)c2)cc1C. The molecule has 1 unspecified atom stereocenters. The van der Waals surface area contributed by atoms with Gasteiger partial charge in [0.1, 0.15) is 5.75 Å². The van der Waals surface area contributed by atoms with Crippen LogP contribution in [0.1, 0.15) is 27.1 Å². The lowest BCUT2D eigenvalue weighted by atomic mass is 10.0. The highest BCUT2D eigenvalue weighted by Gasteiger charge is 2.13. The highest BCUT2D eigenvalue weighted by atomic mass is 79.9. The van der Waals surface area contributed by atoms with Crippen LogP contribution in [-0.2, 0) is 0 Å². The molecule has 106 valence electrons. The summed E-state index contributed by atoms with van der Waals surface area (Å²) in [6, 6.07) is 12.9. The third kappa shape index (κ3) is 3.57. The van der Waals surface area contributed by atoms with Crippen LogP contribution in [0.2, 0.25) is 0 Å². The van der Waals surface area contributed by atoms with Crippen molar-refractivity contribution in [1.29, 1.82) is 0 Å². The lowest BCUT2D eigenvalue weighted by molar-refractivity contribution is -0.0498. The molecule has 0 N–H and O–H groups in total. The summed E-state index contributed by atoms with van der Waals surface area (Å²) in [5.41, 5.74) is 4.39. The Kier molecular flexibility index (Phi) is 4.76. The topological polar surface area (TPSA) is 9.23 Å². The van der Waals surface area contributed by atoms with Crippen molar-refractivity contribution >= 4 is 15.9 Å². The van der Waals surface area contributed by atoms with Crippen LogP contribution in [0.15, 0.2) is 42.5 Å². The minimum absolute atomic E-state index is 0.0528. The molecule has 0 aromatic heterocycles. The van der Waals surface area contributed by atoms with Crippen molar-refractivity contribution < 1.29 is 13.5 Å². The first-order chi connectivity index (χ1) is 9.47. The molecule has 1 atom stereocenters. The molecule has 0 amide bonds. The standard InChI is InChI=1S/C16H15BrF2O/c1-10-6-7-13(8-11(10)2)15(17)12-4-3-5-14(9-12)20-16(18)19/h3-9,15-16H,1-2H3. The molecule has 0 aliphatic heterocycles. The molecule has 20 heavy (non-hydrogen) atoms. The predicted molar refractivity (Wildman–Crippen MR) is 79.8 cm³/mol. The van der Waals surface area contributed by atoms with Gasteiger partial charge in [0.15, 0.2) is 0 Å². The van der Waals surface area contributed by atoms with E-state index in [-0.39, 0.29) is 10.6 Å². The fourth-order valence-corrected chi connectivity index (χ4v) is 2.53. The fraction of sp³-hybridized carbons (Fsp3) is 0.250. The number of ether oxygens (including phenoxy) is 1. The maximum atomic E-state index is 12.2. The first-order valence-corrected chi connectivity index (χ1v) is 7.15. The van der Waals surface area contributed by atoms with Crippen LogP contribution in [0.5, 0.6) is 5.75 Å². The minimum Gasteiger partial charge on any atom is -0.435 e. The van der Waals surface area contributed by atoms with Crippen LogP contribution in [0.25, 0.3) is 0 Å². The molecule has 4 heteroatoms. The number of hydrogen-bond donors (Lipinski definition) is 0. The molecule has 0 saturated heterocycles. The van der Waals surface area contributed by atoms with Gasteiger partial charge in [0.25, 0.3) is 0 Å². The van der Waals surface area contributed by atoms with Crippen LogP contribution >= 0.6 is 15.9 Å². The Balaban J connectivity index is 2.28. The third-order valence-electron chi connectivity index (χ3n) is 3.20. The molecular formula is C16H15BrF2O.